The molecule has 27 heavy (non-hydrogen) atoms. The zero-order valence-corrected chi connectivity index (χ0v) is 15.8. The maximum atomic E-state index is 11.9. The number of hydrogen-bond donors (Lipinski definition) is 2. The number of aromatic nitrogens is 3. The summed E-state index contributed by atoms with van der Waals surface area (Å²) in [6.07, 6.45) is 1.84. The van der Waals surface area contributed by atoms with Crippen LogP contribution in [-0.4, -0.2) is 20.9 Å². The fraction of sp³-hybridized carbons (Fsp3) is 0.263. The fourth-order valence-corrected chi connectivity index (χ4v) is 3.23. The SMILES string of the molecule is CCc1ccccc1Nc1nc(N)nc(COC(=O)CCc2ccsc2)n1. The Morgan fingerprint density at radius 1 is 1.22 bits per heavy atom. The smallest absolute Gasteiger partial charge is 0.306 e. The lowest BCUT2D eigenvalue weighted by molar-refractivity contribution is -0.145. The fourth-order valence-electron chi connectivity index (χ4n) is 2.53. The van der Waals surface area contributed by atoms with E-state index in [0.717, 1.165) is 23.2 Å². The molecular formula is C19H21N5O2S. The van der Waals surface area contributed by atoms with Crippen molar-refractivity contribution in [3.8, 4) is 0 Å². The average molecular weight is 383 g/mol. The van der Waals surface area contributed by atoms with Crippen molar-refractivity contribution in [1.82, 2.24) is 15.0 Å². The molecule has 3 aromatic rings. The minimum atomic E-state index is -0.300. The third-order valence-electron chi connectivity index (χ3n) is 3.90. The summed E-state index contributed by atoms with van der Waals surface area (Å²) in [5, 5.41) is 7.16. The number of rotatable bonds is 8. The lowest BCUT2D eigenvalue weighted by atomic mass is 10.1. The van der Waals surface area contributed by atoms with Crippen molar-refractivity contribution in [1.29, 1.82) is 0 Å². The van der Waals surface area contributed by atoms with Gasteiger partial charge in [-0.2, -0.15) is 26.3 Å². The van der Waals surface area contributed by atoms with Crippen LogP contribution >= 0.6 is 11.3 Å². The molecule has 0 amide bonds. The highest BCUT2D eigenvalue weighted by molar-refractivity contribution is 7.07. The van der Waals surface area contributed by atoms with E-state index < -0.39 is 0 Å². The van der Waals surface area contributed by atoms with E-state index in [2.05, 4.69) is 27.2 Å². The first-order valence-corrected chi connectivity index (χ1v) is 9.60. The second-order valence-electron chi connectivity index (χ2n) is 5.86. The summed E-state index contributed by atoms with van der Waals surface area (Å²) >= 11 is 1.61. The van der Waals surface area contributed by atoms with Gasteiger partial charge in [-0.1, -0.05) is 25.1 Å². The van der Waals surface area contributed by atoms with Gasteiger partial charge in [0.1, 0.15) is 0 Å². The van der Waals surface area contributed by atoms with Crippen LogP contribution in [0.25, 0.3) is 0 Å². The quantitative estimate of drug-likeness (QED) is 0.574. The summed E-state index contributed by atoms with van der Waals surface area (Å²) in [4.78, 5) is 24.4. The maximum absolute atomic E-state index is 11.9. The Hall–Kier alpha value is -3.00. The van der Waals surface area contributed by atoms with Crippen molar-refractivity contribution in [2.75, 3.05) is 11.1 Å². The average Bonchev–Trinajstić information content (AvgIpc) is 3.18. The summed E-state index contributed by atoms with van der Waals surface area (Å²) in [6, 6.07) is 9.89. The molecule has 8 heteroatoms. The van der Waals surface area contributed by atoms with Crippen molar-refractivity contribution in [3.63, 3.8) is 0 Å². The highest BCUT2D eigenvalue weighted by atomic mass is 32.1. The molecule has 0 aliphatic rings. The van der Waals surface area contributed by atoms with Gasteiger partial charge >= 0.3 is 5.97 Å². The number of nitrogen functional groups attached to an aromatic ring is 1. The first kappa shape index (κ1) is 18.8. The monoisotopic (exact) mass is 383 g/mol. The van der Waals surface area contributed by atoms with Gasteiger partial charge in [0.05, 0.1) is 0 Å². The van der Waals surface area contributed by atoms with Crippen LogP contribution < -0.4 is 11.1 Å². The highest BCUT2D eigenvalue weighted by Gasteiger charge is 2.10. The molecule has 3 N–H and O–H groups in total. The van der Waals surface area contributed by atoms with E-state index in [1.165, 1.54) is 0 Å². The van der Waals surface area contributed by atoms with Crippen LogP contribution in [-0.2, 0) is 29.0 Å². The predicted octanol–water partition coefficient (Wildman–Crippen LogP) is 3.50. The van der Waals surface area contributed by atoms with Crippen molar-refractivity contribution in [3.05, 3.63) is 58.0 Å². The van der Waals surface area contributed by atoms with Gasteiger partial charge in [-0.05, 0) is 46.9 Å². The lowest BCUT2D eigenvalue weighted by Crippen LogP contribution is -2.11. The normalized spacial score (nSPS) is 10.6. The summed E-state index contributed by atoms with van der Waals surface area (Å²) in [5.74, 6) is 0.410. The van der Waals surface area contributed by atoms with Crippen LogP contribution in [0.4, 0.5) is 17.6 Å². The number of nitrogens with one attached hydrogen (secondary N) is 1. The van der Waals surface area contributed by atoms with E-state index in [1.54, 1.807) is 11.3 Å². The van der Waals surface area contributed by atoms with Gasteiger partial charge in [-0.3, -0.25) is 4.79 Å². The number of ether oxygens (including phenoxy) is 1. The number of hydrogen-bond acceptors (Lipinski definition) is 8. The Labute approximate surface area is 161 Å². The Morgan fingerprint density at radius 3 is 2.85 bits per heavy atom. The molecule has 0 aliphatic heterocycles. The van der Waals surface area contributed by atoms with Gasteiger partial charge in [-0.15, -0.1) is 0 Å². The molecule has 2 heterocycles. The summed E-state index contributed by atoms with van der Waals surface area (Å²) in [7, 11) is 0. The summed E-state index contributed by atoms with van der Waals surface area (Å²) < 4.78 is 5.26. The Morgan fingerprint density at radius 2 is 2.07 bits per heavy atom. The van der Waals surface area contributed by atoms with Crippen LogP contribution in [0.1, 0.15) is 30.3 Å². The van der Waals surface area contributed by atoms with Gasteiger partial charge < -0.3 is 15.8 Å². The van der Waals surface area contributed by atoms with Crippen LogP contribution in [0.15, 0.2) is 41.1 Å². The number of carbonyl (C=O) groups excluding carboxylic acids is 1. The second kappa shape index (κ2) is 9.09. The molecule has 2 aromatic heterocycles. The number of para-hydroxylation sites is 1. The zero-order valence-electron chi connectivity index (χ0n) is 15.0. The number of nitrogens with two attached hydrogens (primary N) is 1. The Bertz CT molecular complexity index is 899. The van der Waals surface area contributed by atoms with E-state index in [9.17, 15) is 4.79 Å². The molecule has 0 bridgehead atoms. The molecule has 0 saturated heterocycles. The zero-order chi connectivity index (χ0) is 19.1. The number of esters is 1. The maximum Gasteiger partial charge on any atom is 0.306 e. The second-order valence-corrected chi connectivity index (χ2v) is 6.64. The third kappa shape index (κ3) is 5.49. The molecule has 7 nitrogen and oxygen atoms in total. The number of anilines is 3. The number of aryl methyl sites for hydroxylation is 2. The van der Waals surface area contributed by atoms with Crippen LogP contribution in [0, 0.1) is 0 Å². The number of thiophene rings is 1. The van der Waals surface area contributed by atoms with Gasteiger partial charge in [0, 0.05) is 12.1 Å². The molecule has 0 spiro atoms. The predicted molar refractivity (Wildman–Crippen MR) is 106 cm³/mol. The van der Waals surface area contributed by atoms with E-state index in [4.69, 9.17) is 10.5 Å². The minimum absolute atomic E-state index is 0.0424. The van der Waals surface area contributed by atoms with E-state index in [0.29, 0.717) is 24.6 Å². The first-order valence-electron chi connectivity index (χ1n) is 8.66. The van der Waals surface area contributed by atoms with E-state index >= 15 is 0 Å². The number of benzene rings is 1. The third-order valence-corrected chi connectivity index (χ3v) is 4.64. The van der Waals surface area contributed by atoms with E-state index in [-0.39, 0.29) is 18.5 Å². The molecule has 0 saturated carbocycles. The topological polar surface area (TPSA) is 103 Å². The minimum Gasteiger partial charge on any atom is -0.457 e. The van der Waals surface area contributed by atoms with Gasteiger partial charge in [-0.25, -0.2) is 0 Å². The van der Waals surface area contributed by atoms with Crippen molar-refractivity contribution in [2.45, 2.75) is 32.8 Å². The molecular weight excluding hydrogens is 362 g/mol. The van der Waals surface area contributed by atoms with E-state index in [1.807, 2.05) is 41.1 Å². The number of carbonyl (C=O) groups is 1. The molecule has 0 unspecified atom stereocenters. The largest absolute Gasteiger partial charge is 0.457 e. The highest BCUT2D eigenvalue weighted by Crippen LogP contribution is 2.19. The molecule has 1 aromatic carbocycles. The van der Waals surface area contributed by atoms with Crippen molar-refractivity contribution >= 4 is 34.9 Å². The van der Waals surface area contributed by atoms with Crippen LogP contribution in [0.3, 0.4) is 0 Å². The Kier molecular flexibility index (Phi) is 6.32. The molecule has 0 radical (unpaired) electrons. The molecule has 0 aliphatic carbocycles. The molecule has 0 fully saturated rings. The van der Waals surface area contributed by atoms with Crippen molar-refractivity contribution < 1.29 is 9.53 Å². The molecule has 140 valence electrons. The summed E-state index contributed by atoms with van der Waals surface area (Å²) in [6.45, 7) is 2.03. The van der Waals surface area contributed by atoms with Gasteiger partial charge in [0.2, 0.25) is 11.9 Å². The Balaban J connectivity index is 1.60. The standard InChI is InChI=1S/C19H21N5O2S/c1-2-14-5-3-4-6-15(14)21-19-23-16(22-18(20)24-19)11-26-17(25)8-7-13-9-10-27-12-13/h3-6,9-10,12H,2,7-8,11H2,1H3,(H3,20,21,22,23,24). The lowest BCUT2D eigenvalue weighted by Gasteiger charge is -2.11. The summed E-state index contributed by atoms with van der Waals surface area (Å²) in [5.41, 5.74) is 8.94. The van der Waals surface area contributed by atoms with Crippen LogP contribution in [0.5, 0.6) is 0 Å². The molecule has 0 atom stereocenters. The number of nitrogens with zero attached hydrogens (tertiary/aromatic N) is 3. The first-order chi connectivity index (χ1) is 13.1. The van der Waals surface area contributed by atoms with Crippen LogP contribution in [0.2, 0.25) is 0 Å². The van der Waals surface area contributed by atoms with Gasteiger partial charge in [0.25, 0.3) is 0 Å². The van der Waals surface area contributed by atoms with Gasteiger partial charge in [0.15, 0.2) is 12.4 Å². The molecule has 3 rings (SSSR count). The van der Waals surface area contributed by atoms with Crippen molar-refractivity contribution in [2.24, 2.45) is 0 Å².